The summed E-state index contributed by atoms with van der Waals surface area (Å²) in [7, 11) is 0. The van der Waals surface area contributed by atoms with Crippen LogP contribution in [0.2, 0.25) is 0 Å². The Hall–Kier alpha value is -0.990. The minimum absolute atomic E-state index is 0. The van der Waals surface area contributed by atoms with E-state index in [2.05, 4.69) is 9.98 Å². The highest BCUT2D eigenvalue weighted by Gasteiger charge is 2.14. The van der Waals surface area contributed by atoms with Crippen molar-refractivity contribution in [3.63, 3.8) is 0 Å². The summed E-state index contributed by atoms with van der Waals surface area (Å²) < 4.78 is 0. The van der Waals surface area contributed by atoms with Gasteiger partial charge in [-0.05, 0) is 0 Å². The van der Waals surface area contributed by atoms with Crippen LogP contribution in [0.15, 0.2) is 15.9 Å². The Balaban J connectivity index is 0.00000196. The zero-order chi connectivity index (χ0) is 10.6. The van der Waals surface area contributed by atoms with Crippen molar-refractivity contribution in [3.8, 4) is 0 Å². The predicted molar refractivity (Wildman–Crippen MR) is 67.4 cm³/mol. The van der Waals surface area contributed by atoms with E-state index in [-0.39, 0.29) is 23.5 Å². The molecule has 84 valence electrons. The van der Waals surface area contributed by atoms with E-state index in [9.17, 15) is 0 Å². The van der Waals surface area contributed by atoms with Gasteiger partial charge in [0.15, 0.2) is 11.1 Å². The van der Waals surface area contributed by atoms with Crippen LogP contribution in [-0.2, 0) is 0 Å². The van der Waals surface area contributed by atoms with E-state index in [0.29, 0.717) is 5.69 Å². The lowest BCUT2D eigenvalue weighted by Crippen LogP contribution is -2.24. The number of aliphatic imine (C=N–C) groups is 1. The molecule has 0 aromatic carbocycles. The number of amidine groups is 1. The summed E-state index contributed by atoms with van der Waals surface area (Å²) in [4.78, 5) is 7.97. The fourth-order valence-corrected chi connectivity index (χ4v) is 2.08. The Morgan fingerprint density at radius 3 is 2.60 bits per heavy atom. The number of hydrogen-bond acceptors (Lipinski definition) is 5. The fraction of sp³-hybridized carbons (Fsp3) is 0.167. The molecule has 0 saturated heterocycles. The van der Waals surface area contributed by atoms with Crippen LogP contribution in [0.4, 0.5) is 0 Å². The van der Waals surface area contributed by atoms with Gasteiger partial charge in [-0.15, -0.1) is 23.7 Å². The number of rotatable bonds is 3. The van der Waals surface area contributed by atoms with Crippen LogP contribution < -0.4 is 17.2 Å². The summed E-state index contributed by atoms with van der Waals surface area (Å²) >= 11 is 2.48. The van der Waals surface area contributed by atoms with E-state index in [4.69, 9.17) is 22.6 Å². The number of nitrogens with one attached hydrogen (secondary N) is 1. The van der Waals surface area contributed by atoms with Crippen molar-refractivity contribution in [2.45, 2.75) is 5.37 Å². The minimum atomic E-state index is -0.427. The quantitative estimate of drug-likeness (QED) is 0.467. The molecule has 1 unspecified atom stereocenters. The molecule has 6 nitrogen and oxygen atoms in total. The van der Waals surface area contributed by atoms with E-state index in [1.165, 1.54) is 11.3 Å². The summed E-state index contributed by atoms with van der Waals surface area (Å²) in [5.41, 5.74) is 18.1. The second kappa shape index (κ2) is 6.49. The molecule has 1 atom stereocenters. The average Bonchev–Trinajstić information content (AvgIpc) is 2.52. The van der Waals surface area contributed by atoms with Gasteiger partial charge in [-0.25, -0.2) is 9.98 Å². The molecule has 1 rings (SSSR count). The third kappa shape index (κ3) is 4.86. The van der Waals surface area contributed by atoms with E-state index >= 15 is 0 Å². The number of nitrogens with zero attached hydrogens (tertiary/aromatic N) is 2. The van der Waals surface area contributed by atoms with E-state index in [0.717, 1.165) is 11.8 Å². The van der Waals surface area contributed by atoms with Crippen LogP contribution in [0.5, 0.6) is 0 Å². The molecule has 0 spiro atoms. The van der Waals surface area contributed by atoms with Crippen molar-refractivity contribution < 1.29 is 0 Å². The Morgan fingerprint density at radius 1 is 1.53 bits per heavy atom. The average molecular weight is 267 g/mol. The summed E-state index contributed by atoms with van der Waals surface area (Å²) in [6, 6.07) is 0. The zero-order valence-corrected chi connectivity index (χ0v) is 10.0. The maximum atomic E-state index is 7.14. The molecule has 15 heavy (non-hydrogen) atoms. The van der Waals surface area contributed by atoms with Gasteiger partial charge in [0.1, 0.15) is 5.37 Å². The second-order valence-electron chi connectivity index (χ2n) is 2.30. The topological polar surface area (TPSA) is 127 Å². The van der Waals surface area contributed by atoms with Gasteiger partial charge in [0.05, 0.1) is 11.2 Å². The highest BCUT2D eigenvalue weighted by molar-refractivity contribution is 8.13. The first-order valence-electron chi connectivity index (χ1n) is 3.57. The molecule has 0 radical (unpaired) electrons. The van der Waals surface area contributed by atoms with Crippen LogP contribution in [0.1, 0.15) is 11.1 Å². The van der Waals surface area contributed by atoms with Crippen molar-refractivity contribution in [2.24, 2.45) is 22.2 Å². The van der Waals surface area contributed by atoms with Crippen molar-refractivity contribution >= 4 is 46.6 Å². The van der Waals surface area contributed by atoms with Gasteiger partial charge in [-0.1, -0.05) is 11.8 Å². The smallest absolute Gasteiger partial charge is 0.187 e. The van der Waals surface area contributed by atoms with E-state index < -0.39 is 5.37 Å². The normalized spacial score (nSPS) is 11.2. The summed E-state index contributed by atoms with van der Waals surface area (Å²) in [6.45, 7) is 0. The maximum absolute atomic E-state index is 7.14. The van der Waals surface area contributed by atoms with Gasteiger partial charge in [0, 0.05) is 5.38 Å². The molecule has 1 heterocycles. The lowest BCUT2D eigenvalue weighted by molar-refractivity contribution is 0.977. The van der Waals surface area contributed by atoms with Crippen molar-refractivity contribution in [1.29, 1.82) is 5.41 Å². The Labute approximate surface area is 101 Å². The van der Waals surface area contributed by atoms with Gasteiger partial charge in [0.2, 0.25) is 0 Å². The van der Waals surface area contributed by atoms with Crippen LogP contribution in [0, 0.1) is 5.41 Å². The molecule has 1 aromatic heterocycles. The SMILES string of the molecule is Cl.N=C(N)SC(N=C(N)N)c1cscn1. The zero-order valence-electron chi connectivity index (χ0n) is 7.58. The molecule has 7 N–H and O–H groups in total. The molecule has 0 aliphatic rings. The summed E-state index contributed by atoms with van der Waals surface area (Å²) in [6.07, 6.45) is 0. The number of thiazole rings is 1. The lowest BCUT2D eigenvalue weighted by Gasteiger charge is -2.07. The molecule has 0 bridgehead atoms. The third-order valence-electron chi connectivity index (χ3n) is 1.21. The maximum Gasteiger partial charge on any atom is 0.187 e. The van der Waals surface area contributed by atoms with Crippen LogP contribution in [0.3, 0.4) is 0 Å². The molecule has 0 fully saturated rings. The van der Waals surface area contributed by atoms with Crippen molar-refractivity contribution in [2.75, 3.05) is 0 Å². The second-order valence-corrected chi connectivity index (χ2v) is 4.14. The third-order valence-corrected chi connectivity index (χ3v) is 2.64. The molecule has 9 heteroatoms. The van der Waals surface area contributed by atoms with Crippen molar-refractivity contribution in [1.82, 2.24) is 4.98 Å². The molecule has 0 aliphatic heterocycles. The van der Waals surface area contributed by atoms with Crippen LogP contribution in [0.25, 0.3) is 0 Å². The predicted octanol–water partition coefficient (Wildman–Crippen LogP) is 0.464. The van der Waals surface area contributed by atoms with E-state index in [1.54, 1.807) is 5.51 Å². The molecule has 0 aliphatic carbocycles. The summed E-state index contributed by atoms with van der Waals surface area (Å²) in [5, 5.41) is 8.47. The van der Waals surface area contributed by atoms with E-state index in [1.807, 2.05) is 5.38 Å². The Bertz CT molecular complexity index is 333. The number of thioether (sulfide) groups is 1. The van der Waals surface area contributed by atoms with Gasteiger partial charge < -0.3 is 17.2 Å². The van der Waals surface area contributed by atoms with Gasteiger partial charge in [-0.3, -0.25) is 5.41 Å². The number of aromatic nitrogens is 1. The van der Waals surface area contributed by atoms with Crippen molar-refractivity contribution in [3.05, 3.63) is 16.6 Å². The molecule has 0 amide bonds. The highest BCUT2D eigenvalue weighted by atomic mass is 35.5. The first kappa shape index (κ1) is 14.0. The Morgan fingerprint density at radius 2 is 2.20 bits per heavy atom. The highest BCUT2D eigenvalue weighted by Crippen LogP contribution is 2.29. The lowest BCUT2D eigenvalue weighted by atomic mass is 10.5. The van der Waals surface area contributed by atoms with Gasteiger partial charge >= 0.3 is 0 Å². The standard InChI is InChI=1S/C6H10N6S2.ClH/c7-5(8)12-4(14-6(9)10)3-1-13-2-11-3;/h1-2,4H,(H3,9,10)(H4,7,8,12);1H. The van der Waals surface area contributed by atoms with Crippen LogP contribution >= 0.6 is 35.5 Å². The first-order chi connectivity index (χ1) is 6.59. The number of hydrogen-bond donors (Lipinski definition) is 4. The first-order valence-corrected chi connectivity index (χ1v) is 5.39. The molecular formula is C6H11ClN6S2. The number of halogens is 1. The largest absolute Gasteiger partial charge is 0.379 e. The monoisotopic (exact) mass is 266 g/mol. The molecular weight excluding hydrogens is 256 g/mol. The number of guanidine groups is 1. The molecule has 1 aromatic rings. The summed E-state index contributed by atoms with van der Waals surface area (Å²) in [5.74, 6) is -0.0447. The Kier molecular flexibility index (Phi) is 6.06. The van der Waals surface area contributed by atoms with Gasteiger partial charge in [-0.2, -0.15) is 0 Å². The van der Waals surface area contributed by atoms with Gasteiger partial charge in [0.25, 0.3) is 0 Å². The fourth-order valence-electron chi connectivity index (χ4n) is 0.752. The number of nitrogens with two attached hydrogens (primary N) is 3. The molecule has 0 saturated carbocycles. The van der Waals surface area contributed by atoms with Crippen LogP contribution in [-0.4, -0.2) is 16.1 Å². The minimum Gasteiger partial charge on any atom is -0.379 e.